The van der Waals surface area contributed by atoms with Crippen LogP contribution >= 0.6 is 0 Å². The second-order valence-electron chi connectivity index (χ2n) is 8.17. The minimum Gasteiger partial charge on any atom is -0.378 e. The number of piperidine rings is 1. The van der Waals surface area contributed by atoms with Crippen molar-refractivity contribution in [2.75, 3.05) is 6.61 Å². The number of nitrogens with zero attached hydrogens (tertiary/aromatic N) is 2. The Balaban J connectivity index is 1.59. The van der Waals surface area contributed by atoms with E-state index in [-0.39, 0.29) is 17.2 Å². The average molecular weight is 322 g/mol. The summed E-state index contributed by atoms with van der Waals surface area (Å²) in [5.41, 5.74) is -0.438. The van der Waals surface area contributed by atoms with Gasteiger partial charge in [-0.05, 0) is 65.5 Å². The summed E-state index contributed by atoms with van der Waals surface area (Å²) in [4.78, 5) is 0. The molecule has 1 aliphatic heterocycles. The van der Waals surface area contributed by atoms with Crippen LogP contribution in [-0.2, 0) is 11.3 Å². The van der Waals surface area contributed by atoms with Crippen LogP contribution in [0.2, 0.25) is 0 Å². The Labute approximate surface area is 141 Å². The topological polar surface area (TPSA) is 37.6 Å². The summed E-state index contributed by atoms with van der Waals surface area (Å²) < 4.78 is 8.35. The molecule has 2 rings (SSSR count). The van der Waals surface area contributed by atoms with Gasteiger partial charge in [0.2, 0.25) is 0 Å². The third kappa shape index (κ3) is 5.33. The molecular formula is C19H34N2O2. The summed E-state index contributed by atoms with van der Waals surface area (Å²) in [6.45, 7) is 10.3. The number of unbranched alkanes of at least 4 members (excludes halogenated alkanes) is 3. The Morgan fingerprint density at radius 3 is 2.13 bits per heavy atom. The number of rotatable bonds is 8. The van der Waals surface area contributed by atoms with Gasteiger partial charge in [0.1, 0.15) is 0 Å². The minimum absolute atomic E-state index is 0.219. The minimum atomic E-state index is -0.219. The van der Waals surface area contributed by atoms with E-state index in [9.17, 15) is 5.21 Å². The van der Waals surface area contributed by atoms with Crippen LogP contribution in [0.4, 0.5) is 0 Å². The van der Waals surface area contributed by atoms with Crippen molar-refractivity contribution in [3.63, 3.8) is 0 Å². The molecule has 1 fully saturated rings. The van der Waals surface area contributed by atoms with E-state index in [0.29, 0.717) is 0 Å². The second kappa shape index (κ2) is 7.82. The molecule has 0 saturated carbocycles. The Kier molecular flexibility index (Phi) is 6.29. The third-order valence-corrected chi connectivity index (χ3v) is 4.93. The second-order valence-corrected chi connectivity index (χ2v) is 8.17. The maximum absolute atomic E-state index is 10.3. The lowest BCUT2D eigenvalue weighted by atomic mass is 9.80. The van der Waals surface area contributed by atoms with Crippen molar-refractivity contribution in [1.82, 2.24) is 9.63 Å². The molecule has 132 valence electrons. The van der Waals surface area contributed by atoms with E-state index < -0.39 is 0 Å². The third-order valence-electron chi connectivity index (χ3n) is 4.93. The van der Waals surface area contributed by atoms with Crippen LogP contribution in [0, 0.1) is 0 Å². The maximum atomic E-state index is 10.3. The summed E-state index contributed by atoms with van der Waals surface area (Å²) in [5.74, 6) is 0. The zero-order valence-electron chi connectivity index (χ0n) is 15.3. The Morgan fingerprint density at radius 2 is 1.52 bits per heavy atom. The van der Waals surface area contributed by atoms with Crippen LogP contribution in [0.5, 0.6) is 0 Å². The predicted octanol–water partition coefficient (Wildman–Crippen LogP) is 4.48. The SMILES string of the molecule is CC1(C)CC(OCCCCCCn2cccc2)CC(C)(C)N1O. The molecule has 0 unspecified atom stereocenters. The zero-order chi connectivity index (χ0) is 16.9. The van der Waals surface area contributed by atoms with Crippen molar-refractivity contribution >= 4 is 0 Å². The monoisotopic (exact) mass is 322 g/mol. The van der Waals surface area contributed by atoms with Gasteiger partial charge in [-0.2, -0.15) is 5.06 Å². The molecule has 0 bridgehead atoms. The van der Waals surface area contributed by atoms with Crippen LogP contribution < -0.4 is 0 Å². The first-order valence-electron chi connectivity index (χ1n) is 9.03. The van der Waals surface area contributed by atoms with E-state index in [1.54, 1.807) is 0 Å². The van der Waals surface area contributed by atoms with Gasteiger partial charge in [0.15, 0.2) is 0 Å². The highest BCUT2D eigenvalue weighted by molar-refractivity contribution is 4.96. The lowest BCUT2D eigenvalue weighted by Gasteiger charge is -2.51. The van der Waals surface area contributed by atoms with Gasteiger partial charge in [0.05, 0.1) is 6.10 Å². The normalized spacial score (nSPS) is 21.6. The van der Waals surface area contributed by atoms with Crippen LogP contribution in [-0.4, -0.2) is 38.6 Å². The van der Waals surface area contributed by atoms with E-state index in [4.69, 9.17) is 4.74 Å². The number of hydrogen-bond donors (Lipinski definition) is 1. The van der Waals surface area contributed by atoms with E-state index in [1.165, 1.54) is 24.3 Å². The molecule has 4 nitrogen and oxygen atoms in total. The molecule has 0 atom stereocenters. The fourth-order valence-electron chi connectivity index (χ4n) is 3.82. The molecule has 0 radical (unpaired) electrons. The van der Waals surface area contributed by atoms with Crippen LogP contribution in [0.25, 0.3) is 0 Å². The maximum Gasteiger partial charge on any atom is 0.0611 e. The molecular weight excluding hydrogens is 288 g/mol. The molecule has 4 heteroatoms. The van der Waals surface area contributed by atoms with Crippen molar-refractivity contribution < 1.29 is 9.94 Å². The van der Waals surface area contributed by atoms with Crippen LogP contribution in [0.1, 0.15) is 66.2 Å². The van der Waals surface area contributed by atoms with Crippen molar-refractivity contribution in [2.45, 2.75) is 89.9 Å². The Hall–Kier alpha value is -0.840. The van der Waals surface area contributed by atoms with Gasteiger partial charge in [-0.25, -0.2) is 0 Å². The van der Waals surface area contributed by atoms with Crippen LogP contribution in [0.3, 0.4) is 0 Å². The first-order chi connectivity index (χ1) is 10.8. The molecule has 0 spiro atoms. The molecule has 1 aromatic heterocycles. The fraction of sp³-hybridized carbons (Fsp3) is 0.789. The van der Waals surface area contributed by atoms with E-state index in [1.807, 2.05) is 0 Å². The lowest BCUT2D eigenvalue weighted by molar-refractivity contribution is -0.261. The Bertz CT molecular complexity index is 436. The number of hydroxylamine groups is 2. The fourth-order valence-corrected chi connectivity index (χ4v) is 3.82. The largest absolute Gasteiger partial charge is 0.378 e. The molecule has 1 aliphatic rings. The highest BCUT2D eigenvalue weighted by atomic mass is 16.5. The molecule has 1 aromatic rings. The van der Waals surface area contributed by atoms with Gasteiger partial charge in [-0.1, -0.05) is 12.8 Å². The van der Waals surface area contributed by atoms with Crippen molar-refractivity contribution in [1.29, 1.82) is 0 Å². The number of aryl methyl sites for hydroxylation is 1. The van der Waals surface area contributed by atoms with Crippen LogP contribution in [0.15, 0.2) is 24.5 Å². The first kappa shape index (κ1) is 18.5. The highest BCUT2D eigenvalue weighted by Crippen LogP contribution is 2.37. The predicted molar refractivity (Wildman–Crippen MR) is 93.7 cm³/mol. The smallest absolute Gasteiger partial charge is 0.0611 e. The van der Waals surface area contributed by atoms with Crippen molar-refractivity contribution in [3.05, 3.63) is 24.5 Å². The molecule has 2 heterocycles. The lowest BCUT2D eigenvalue weighted by Crippen LogP contribution is -2.60. The van der Waals surface area contributed by atoms with Gasteiger partial charge < -0.3 is 14.5 Å². The molecule has 1 N–H and O–H groups in total. The van der Waals surface area contributed by atoms with E-state index in [0.717, 1.165) is 32.4 Å². The van der Waals surface area contributed by atoms with Crippen molar-refractivity contribution in [3.8, 4) is 0 Å². The standard InChI is InChI=1S/C19H34N2O2/c1-18(2)15-17(16-19(3,4)21(18)22)23-14-10-6-5-7-11-20-12-8-9-13-20/h8-9,12-13,17,22H,5-7,10-11,14-16H2,1-4H3. The number of hydrogen-bond acceptors (Lipinski definition) is 3. The van der Waals surface area contributed by atoms with Gasteiger partial charge in [-0.15, -0.1) is 0 Å². The van der Waals surface area contributed by atoms with Gasteiger partial charge in [0.25, 0.3) is 0 Å². The van der Waals surface area contributed by atoms with Gasteiger partial charge in [0, 0.05) is 36.6 Å². The quantitative estimate of drug-likeness (QED) is 0.717. The Morgan fingerprint density at radius 1 is 0.957 bits per heavy atom. The first-order valence-corrected chi connectivity index (χ1v) is 9.03. The summed E-state index contributed by atoms with van der Waals surface area (Å²) in [5, 5.41) is 11.8. The zero-order valence-corrected chi connectivity index (χ0v) is 15.3. The number of ether oxygens (including phenoxy) is 1. The molecule has 0 amide bonds. The summed E-state index contributed by atoms with van der Waals surface area (Å²) in [6.07, 6.45) is 11.1. The molecule has 0 aromatic carbocycles. The number of aromatic nitrogens is 1. The van der Waals surface area contributed by atoms with Crippen molar-refractivity contribution in [2.24, 2.45) is 0 Å². The van der Waals surface area contributed by atoms with E-state index in [2.05, 4.69) is 56.8 Å². The summed E-state index contributed by atoms with van der Waals surface area (Å²) >= 11 is 0. The average Bonchev–Trinajstić information content (AvgIpc) is 2.96. The molecule has 0 aliphatic carbocycles. The summed E-state index contributed by atoms with van der Waals surface area (Å²) in [6, 6.07) is 4.16. The van der Waals surface area contributed by atoms with E-state index >= 15 is 0 Å². The van der Waals surface area contributed by atoms with Gasteiger partial charge in [-0.3, -0.25) is 0 Å². The highest BCUT2D eigenvalue weighted by Gasteiger charge is 2.45. The summed E-state index contributed by atoms with van der Waals surface area (Å²) in [7, 11) is 0. The molecule has 1 saturated heterocycles. The van der Waals surface area contributed by atoms with Gasteiger partial charge >= 0.3 is 0 Å². The molecule has 23 heavy (non-hydrogen) atoms.